The van der Waals surface area contributed by atoms with Gasteiger partial charge in [0.15, 0.2) is 11.5 Å². The summed E-state index contributed by atoms with van der Waals surface area (Å²) in [4.78, 5) is 11.8. The van der Waals surface area contributed by atoms with E-state index < -0.39 is 0 Å². The van der Waals surface area contributed by atoms with Gasteiger partial charge >= 0.3 is 0 Å². The fourth-order valence-corrected chi connectivity index (χ4v) is 1.89. The van der Waals surface area contributed by atoms with Crippen LogP contribution in [0.5, 0.6) is 11.5 Å². The van der Waals surface area contributed by atoms with Crippen LogP contribution in [-0.4, -0.2) is 24.7 Å². The number of hydrogen-bond acceptors (Lipinski definition) is 3. The van der Waals surface area contributed by atoms with Crippen LogP contribution in [0.3, 0.4) is 0 Å². The van der Waals surface area contributed by atoms with Gasteiger partial charge < -0.3 is 19.4 Å². The quantitative estimate of drug-likeness (QED) is 0.874. The van der Waals surface area contributed by atoms with Gasteiger partial charge in [-0.2, -0.15) is 0 Å². The molecule has 106 valence electrons. The minimum atomic E-state index is -0.0315. The van der Waals surface area contributed by atoms with E-state index in [4.69, 9.17) is 9.47 Å². The van der Waals surface area contributed by atoms with Gasteiger partial charge in [0.05, 0.1) is 14.2 Å². The number of nitrogens with one attached hydrogen (secondary N) is 1. The van der Waals surface area contributed by atoms with Crippen LogP contribution in [-0.2, 0) is 17.9 Å². The first-order valence-corrected chi connectivity index (χ1v) is 6.31. The lowest BCUT2D eigenvalue weighted by molar-refractivity contribution is -0.121. The number of rotatable bonds is 6. The van der Waals surface area contributed by atoms with E-state index in [0.717, 1.165) is 5.56 Å². The molecule has 5 nitrogen and oxygen atoms in total. The molecule has 5 heteroatoms. The van der Waals surface area contributed by atoms with E-state index in [1.54, 1.807) is 14.2 Å². The molecule has 0 atom stereocenters. The Balaban J connectivity index is 1.92. The van der Waals surface area contributed by atoms with Crippen molar-refractivity contribution in [2.75, 3.05) is 14.2 Å². The molecule has 0 aliphatic rings. The molecule has 0 radical (unpaired) electrons. The van der Waals surface area contributed by atoms with E-state index in [1.165, 1.54) is 0 Å². The zero-order valence-corrected chi connectivity index (χ0v) is 11.6. The lowest BCUT2D eigenvalue weighted by Gasteiger charge is -2.10. The SMILES string of the molecule is COc1ccc(CNC(=O)Cn2cccc2)cc1OC. The lowest BCUT2D eigenvalue weighted by Crippen LogP contribution is -2.26. The van der Waals surface area contributed by atoms with Gasteiger partial charge in [0.1, 0.15) is 6.54 Å². The van der Waals surface area contributed by atoms with Crippen molar-refractivity contribution in [1.29, 1.82) is 0 Å². The Kier molecular flexibility index (Phi) is 4.65. The standard InChI is InChI=1S/C15H18N2O3/c1-19-13-6-5-12(9-14(13)20-2)10-16-15(18)11-17-7-3-4-8-17/h3-9H,10-11H2,1-2H3,(H,16,18). The average molecular weight is 274 g/mol. The number of ether oxygens (including phenoxy) is 2. The van der Waals surface area contributed by atoms with Crippen molar-refractivity contribution in [1.82, 2.24) is 9.88 Å². The number of nitrogens with zero attached hydrogens (tertiary/aromatic N) is 1. The average Bonchev–Trinajstić information content (AvgIpc) is 2.97. The first-order chi connectivity index (χ1) is 9.72. The molecule has 2 rings (SSSR count). The third kappa shape index (κ3) is 3.54. The highest BCUT2D eigenvalue weighted by Crippen LogP contribution is 2.27. The molecule has 1 aromatic heterocycles. The molecular formula is C15H18N2O3. The largest absolute Gasteiger partial charge is 0.493 e. The van der Waals surface area contributed by atoms with E-state index in [2.05, 4.69) is 5.32 Å². The summed E-state index contributed by atoms with van der Waals surface area (Å²) >= 11 is 0. The Morgan fingerprint density at radius 3 is 2.50 bits per heavy atom. The minimum Gasteiger partial charge on any atom is -0.493 e. The van der Waals surface area contributed by atoms with Gasteiger partial charge in [-0.05, 0) is 29.8 Å². The number of amides is 1. The Morgan fingerprint density at radius 1 is 1.15 bits per heavy atom. The predicted molar refractivity (Wildman–Crippen MR) is 75.8 cm³/mol. The second kappa shape index (κ2) is 6.65. The monoisotopic (exact) mass is 274 g/mol. The van der Waals surface area contributed by atoms with Gasteiger partial charge in [-0.3, -0.25) is 4.79 Å². The fraction of sp³-hybridized carbons (Fsp3) is 0.267. The van der Waals surface area contributed by atoms with Crippen LogP contribution in [0.2, 0.25) is 0 Å². The highest BCUT2D eigenvalue weighted by atomic mass is 16.5. The summed E-state index contributed by atoms with van der Waals surface area (Å²) in [5, 5.41) is 2.87. The molecule has 0 saturated carbocycles. The Labute approximate surface area is 118 Å². The number of carbonyl (C=O) groups is 1. The van der Waals surface area contributed by atoms with Gasteiger partial charge in [-0.15, -0.1) is 0 Å². The van der Waals surface area contributed by atoms with Crippen molar-refractivity contribution >= 4 is 5.91 Å². The lowest BCUT2D eigenvalue weighted by atomic mass is 10.2. The zero-order valence-electron chi connectivity index (χ0n) is 11.6. The summed E-state index contributed by atoms with van der Waals surface area (Å²) in [6.45, 7) is 0.779. The molecule has 1 aromatic carbocycles. The molecule has 0 spiro atoms. The molecule has 20 heavy (non-hydrogen) atoms. The van der Waals surface area contributed by atoms with Crippen LogP contribution in [0.4, 0.5) is 0 Å². The highest BCUT2D eigenvalue weighted by Gasteiger charge is 2.06. The first kappa shape index (κ1) is 14.0. The van der Waals surface area contributed by atoms with E-state index in [9.17, 15) is 4.79 Å². The van der Waals surface area contributed by atoms with Crippen LogP contribution in [0.25, 0.3) is 0 Å². The zero-order chi connectivity index (χ0) is 14.4. The Morgan fingerprint density at radius 2 is 1.85 bits per heavy atom. The van der Waals surface area contributed by atoms with Crippen LogP contribution in [0.1, 0.15) is 5.56 Å². The second-order valence-electron chi connectivity index (χ2n) is 4.32. The Bertz CT molecular complexity index is 565. The summed E-state index contributed by atoms with van der Waals surface area (Å²) in [6, 6.07) is 9.36. The van der Waals surface area contributed by atoms with E-state index in [0.29, 0.717) is 24.6 Å². The third-order valence-corrected chi connectivity index (χ3v) is 2.93. The van der Waals surface area contributed by atoms with E-state index in [1.807, 2.05) is 47.3 Å². The van der Waals surface area contributed by atoms with Gasteiger partial charge in [-0.25, -0.2) is 0 Å². The van der Waals surface area contributed by atoms with Crippen molar-refractivity contribution in [3.63, 3.8) is 0 Å². The number of methoxy groups -OCH3 is 2. The van der Waals surface area contributed by atoms with Crippen molar-refractivity contribution in [2.45, 2.75) is 13.1 Å². The number of aromatic nitrogens is 1. The molecule has 2 aromatic rings. The van der Waals surface area contributed by atoms with Gasteiger partial charge in [-0.1, -0.05) is 6.07 Å². The summed E-state index contributed by atoms with van der Waals surface area (Å²) in [5.74, 6) is 1.30. The molecule has 0 aliphatic carbocycles. The molecule has 0 bridgehead atoms. The van der Waals surface area contributed by atoms with Crippen molar-refractivity contribution in [2.24, 2.45) is 0 Å². The molecule has 0 unspecified atom stereocenters. The van der Waals surface area contributed by atoms with Gasteiger partial charge in [0.2, 0.25) is 5.91 Å². The van der Waals surface area contributed by atoms with Crippen LogP contribution < -0.4 is 14.8 Å². The topological polar surface area (TPSA) is 52.5 Å². The molecule has 0 saturated heterocycles. The fourth-order valence-electron chi connectivity index (χ4n) is 1.89. The summed E-state index contributed by atoms with van der Waals surface area (Å²) in [7, 11) is 3.18. The third-order valence-electron chi connectivity index (χ3n) is 2.93. The molecule has 1 N–H and O–H groups in total. The van der Waals surface area contributed by atoms with Crippen LogP contribution in [0.15, 0.2) is 42.7 Å². The maximum atomic E-state index is 11.8. The van der Waals surface area contributed by atoms with Crippen molar-refractivity contribution in [3.05, 3.63) is 48.3 Å². The summed E-state index contributed by atoms with van der Waals surface area (Å²) in [5.41, 5.74) is 0.962. The van der Waals surface area contributed by atoms with Crippen molar-refractivity contribution in [3.8, 4) is 11.5 Å². The summed E-state index contributed by atoms with van der Waals surface area (Å²) < 4.78 is 12.2. The van der Waals surface area contributed by atoms with E-state index in [-0.39, 0.29) is 5.91 Å². The molecule has 0 aliphatic heterocycles. The molecule has 0 fully saturated rings. The first-order valence-electron chi connectivity index (χ1n) is 6.31. The number of hydrogen-bond donors (Lipinski definition) is 1. The molecule has 1 heterocycles. The van der Waals surface area contributed by atoms with Crippen molar-refractivity contribution < 1.29 is 14.3 Å². The maximum Gasteiger partial charge on any atom is 0.240 e. The summed E-state index contributed by atoms with van der Waals surface area (Å²) in [6.07, 6.45) is 3.71. The predicted octanol–water partition coefficient (Wildman–Crippen LogP) is 1.82. The second-order valence-corrected chi connectivity index (χ2v) is 4.32. The smallest absolute Gasteiger partial charge is 0.240 e. The molecular weight excluding hydrogens is 256 g/mol. The number of carbonyl (C=O) groups excluding carboxylic acids is 1. The Hall–Kier alpha value is -2.43. The molecule has 1 amide bonds. The maximum absolute atomic E-state index is 11.8. The highest BCUT2D eigenvalue weighted by molar-refractivity contribution is 5.75. The number of benzene rings is 1. The normalized spacial score (nSPS) is 10.1. The van der Waals surface area contributed by atoms with Gasteiger partial charge in [0, 0.05) is 18.9 Å². The van der Waals surface area contributed by atoms with Crippen LogP contribution in [0, 0.1) is 0 Å². The van der Waals surface area contributed by atoms with Gasteiger partial charge in [0.25, 0.3) is 0 Å². The van der Waals surface area contributed by atoms with E-state index >= 15 is 0 Å². The van der Waals surface area contributed by atoms with Crippen LogP contribution >= 0.6 is 0 Å². The minimum absolute atomic E-state index is 0.0315.